The molecule has 0 atom stereocenters. The Kier molecular flexibility index (Phi) is 10.2. The first kappa shape index (κ1) is 28.8. The molecule has 194 valence electrons. The van der Waals surface area contributed by atoms with E-state index in [4.69, 9.17) is 11.6 Å². The lowest BCUT2D eigenvalue weighted by molar-refractivity contribution is -0.145. The molecule has 1 heterocycles. The second kappa shape index (κ2) is 12.5. The van der Waals surface area contributed by atoms with E-state index in [1.165, 1.54) is 11.0 Å². The number of likely N-dealkylation sites (N-methyl/N-ethyl adjacent to an activating group) is 1. The van der Waals surface area contributed by atoms with Crippen LogP contribution < -0.4 is 0 Å². The highest BCUT2D eigenvalue weighted by Crippen LogP contribution is 2.30. The summed E-state index contributed by atoms with van der Waals surface area (Å²) in [6.07, 6.45) is -0.916. The van der Waals surface area contributed by atoms with Crippen molar-refractivity contribution in [3.05, 3.63) is 59.4 Å². The quantitative estimate of drug-likeness (QED) is 0.337. The number of aromatic nitrogens is 1. The van der Waals surface area contributed by atoms with Gasteiger partial charge in [0.1, 0.15) is 0 Å². The van der Waals surface area contributed by atoms with Crippen molar-refractivity contribution < 1.29 is 22.8 Å². The predicted molar refractivity (Wildman–Crippen MR) is 132 cm³/mol. The number of nitrogens with zero attached hydrogens (tertiary/aromatic N) is 3. The molecular weight excluding hydrogens is 479 g/mol. The number of carbonyl (C=O) groups excluding carboxylic acids is 2. The maximum absolute atomic E-state index is 13.3. The van der Waals surface area contributed by atoms with Gasteiger partial charge in [-0.25, -0.2) is 0 Å². The Hall–Kier alpha value is -2.48. The standard InChI is InChI=1S/C26H35ClF3N3O2/c1-5-7-13-33(23(34)18-31(6-2)24(35)25(3,4)19-27)17-22-12-9-14-32(22)16-20-10-8-11-21(15-20)26(28,29)30/h8-12,14-15H,5-7,13,16-19H2,1-4H3. The Balaban J connectivity index is 2.20. The summed E-state index contributed by atoms with van der Waals surface area (Å²) in [6.45, 7) is 8.79. The van der Waals surface area contributed by atoms with Gasteiger partial charge < -0.3 is 14.4 Å². The van der Waals surface area contributed by atoms with Crippen LogP contribution in [0.1, 0.15) is 57.4 Å². The van der Waals surface area contributed by atoms with Crippen molar-refractivity contribution in [1.82, 2.24) is 14.4 Å². The fourth-order valence-corrected chi connectivity index (χ4v) is 3.82. The first-order valence-electron chi connectivity index (χ1n) is 11.9. The molecule has 0 aliphatic carbocycles. The lowest BCUT2D eigenvalue weighted by Gasteiger charge is -2.32. The highest BCUT2D eigenvalue weighted by atomic mass is 35.5. The fraction of sp³-hybridized carbons (Fsp3) is 0.538. The van der Waals surface area contributed by atoms with Crippen molar-refractivity contribution in [3.8, 4) is 0 Å². The molecule has 0 aliphatic heterocycles. The van der Waals surface area contributed by atoms with Crippen LogP contribution in [0.15, 0.2) is 42.6 Å². The minimum absolute atomic E-state index is 0.0479. The second-order valence-electron chi connectivity index (χ2n) is 9.33. The van der Waals surface area contributed by atoms with Crippen LogP contribution in [0.2, 0.25) is 0 Å². The van der Waals surface area contributed by atoms with Gasteiger partial charge >= 0.3 is 6.18 Å². The van der Waals surface area contributed by atoms with Crippen LogP contribution in [-0.4, -0.2) is 51.7 Å². The topological polar surface area (TPSA) is 45.6 Å². The summed E-state index contributed by atoms with van der Waals surface area (Å²) < 4.78 is 41.2. The maximum atomic E-state index is 13.3. The number of alkyl halides is 4. The number of halogens is 4. The smallest absolute Gasteiger partial charge is 0.345 e. The zero-order valence-corrected chi connectivity index (χ0v) is 21.6. The van der Waals surface area contributed by atoms with Gasteiger partial charge in [-0.05, 0) is 57.0 Å². The lowest BCUT2D eigenvalue weighted by Crippen LogP contribution is -2.47. The third-order valence-corrected chi connectivity index (χ3v) is 6.59. The Morgan fingerprint density at radius 2 is 1.77 bits per heavy atom. The van der Waals surface area contributed by atoms with Crippen LogP contribution >= 0.6 is 11.6 Å². The second-order valence-corrected chi connectivity index (χ2v) is 9.60. The third-order valence-electron chi connectivity index (χ3n) is 5.93. The molecule has 9 heteroatoms. The summed E-state index contributed by atoms with van der Waals surface area (Å²) >= 11 is 5.96. The van der Waals surface area contributed by atoms with E-state index in [0.717, 1.165) is 30.7 Å². The predicted octanol–water partition coefficient (Wildman–Crippen LogP) is 5.80. The Bertz CT molecular complexity index is 988. The van der Waals surface area contributed by atoms with E-state index in [9.17, 15) is 22.8 Å². The van der Waals surface area contributed by atoms with Crippen molar-refractivity contribution in [1.29, 1.82) is 0 Å². The van der Waals surface area contributed by atoms with Gasteiger partial charge in [0.25, 0.3) is 0 Å². The average Bonchev–Trinajstić information content (AvgIpc) is 3.25. The molecule has 0 spiro atoms. The number of rotatable bonds is 12. The molecule has 0 saturated carbocycles. The molecule has 0 radical (unpaired) electrons. The molecule has 2 amide bonds. The van der Waals surface area contributed by atoms with Crippen LogP contribution in [0.5, 0.6) is 0 Å². The molecule has 0 saturated heterocycles. The lowest BCUT2D eigenvalue weighted by atomic mass is 9.94. The van der Waals surface area contributed by atoms with Crippen LogP contribution in [0.4, 0.5) is 13.2 Å². The largest absolute Gasteiger partial charge is 0.416 e. The minimum Gasteiger partial charge on any atom is -0.345 e. The van der Waals surface area contributed by atoms with Crippen molar-refractivity contribution in [3.63, 3.8) is 0 Å². The van der Waals surface area contributed by atoms with Crippen molar-refractivity contribution in [2.75, 3.05) is 25.5 Å². The van der Waals surface area contributed by atoms with E-state index < -0.39 is 17.2 Å². The van der Waals surface area contributed by atoms with E-state index in [2.05, 4.69) is 0 Å². The maximum Gasteiger partial charge on any atom is 0.416 e. The molecule has 2 rings (SSSR count). The SMILES string of the molecule is CCCCN(Cc1cccn1Cc1cccc(C(F)(F)F)c1)C(=O)CN(CC)C(=O)C(C)(C)CCl. The summed E-state index contributed by atoms with van der Waals surface area (Å²) in [4.78, 5) is 29.3. The first-order valence-corrected chi connectivity index (χ1v) is 12.4. The van der Waals surface area contributed by atoms with Gasteiger partial charge in [-0.2, -0.15) is 13.2 Å². The highest BCUT2D eigenvalue weighted by Gasteiger charge is 2.32. The van der Waals surface area contributed by atoms with Gasteiger partial charge in [-0.3, -0.25) is 9.59 Å². The number of hydrogen-bond donors (Lipinski definition) is 0. The summed E-state index contributed by atoms with van der Waals surface area (Å²) in [5.74, 6) is -0.198. The van der Waals surface area contributed by atoms with Gasteiger partial charge in [0, 0.05) is 37.4 Å². The number of unbranched alkanes of at least 4 members (excludes halogenated alkanes) is 1. The van der Waals surface area contributed by atoms with Gasteiger partial charge in [0.15, 0.2) is 0 Å². The van der Waals surface area contributed by atoms with E-state index in [0.29, 0.717) is 25.2 Å². The van der Waals surface area contributed by atoms with E-state index in [-0.39, 0.29) is 30.8 Å². The molecule has 0 bridgehead atoms. The Morgan fingerprint density at radius 3 is 2.37 bits per heavy atom. The summed E-state index contributed by atoms with van der Waals surface area (Å²) in [5, 5.41) is 0. The first-order chi connectivity index (χ1) is 16.4. The van der Waals surface area contributed by atoms with E-state index in [1.807, 2.05) is 30.5 Å². The van der Waals surface area contributed by atoms with Crippen LogP contribution in [0.25, 0.3) is 0 Å². The minimum atomic E-state index is -4.40. The van der Waals surface area contributed by atoms with Gasteiger partial charge in [-0.15, -0.1) is 11.6 Å². The summed E-state index contributed by atoms with van der Waals surface area (Å²) in [6, 6.07) is 8.93. The zero-order valence-electron chi connectivity index (χ0n) is 20.9. The molecule has 0 fully saturated rings. The number of benzene rings is 1. The molecule has 2 aromatic rings. The Labute approximate surface area is 210 Å². The van der Waals surface area contributed by atoms with Gasteiger partial charge in [0.05, 0.1) is 24.1 Å². The normalized spacial score (nSPS) is 12.0. The summed E-state index contributed by atoms with van der Waals surface area (Å²) in [7, 11) is 0. The molecular formula is C26H35ClF3N3O2. The molecule has 1 aromatic heterocycles. The molecule has 5 nitrogen and oxygen atoms in total. The van der Waals surface area contributed by atoms with Crippen molar-refractivity contribution in [2.45, 2.75) is 59.8 Å². The molecule has 1 aromatic carbocycles. The van der Waals surface area contributed by atoms with Crippen molar-refractivity contribution >= 4 is 23.4 Å². The van der Waals surface area contributed by atoms with E-state index >= 15 is 0 Å². The number of carbonyl (C=O) groups is 2. The summed E-state index contributed by atoms with van der Waals surface area (Å²) in [5.41, 5.74) is -0.129. The molecule has 0 unspecified atom stereocenters. The number of hydrogen-bond acceptors (Lipinski definition) is 2. The van der Waals surface area contributed by atoms with Crippen LogP contribution in [-0.2, 0) is 28.9 Å². The van der Waals surface area contributed by atoms with Crippen molar-refractivity contribution in [2.24, 2.45) is 5.41 Å². The molecule has 0 aliphatic rings. The number of amides is 2. The highest BCUT2D eigenvalue weighted by molar-refractivity contribution is 6.19. The fourth-order valence-electron chi connectivity index (χ4n) is 3.70. The molecule has 0 N–H and O–H groups in total. The van der Waals surface area contributed by atoms with Gasteiger partial charge in [0.2, 0.25) is 11.8 Å². The van der Waals surface area contributed by atoms with Crippen LogP contribution in [0, 0.1) is 5.41 Å². The third kappa shape index (κ3) is 8.02. The molecule has 35 heavy (non-hydrogen) atoms. The zero-order chi connectivity index (χ0) is 26.2. The Morgan fingerprint density at radius 1 is 1.06 bits per heavy atom. The average molecular weight is 514 g/mol. The monoisotopic (exact) mass is 513 g/mol. The van der Waals surface area contributed by atoms with E-state index in [1.54, 1.807) is 31.0 Å². The van der Waals surface area contributed by atoms with Crippen LogP contribution in [0.3, 0.4) is 0 Å². The van der Waals surface area contributed by atoms with Gasteiger partial charge in [-0.1, -0.05) is 25.5 Å².